The molecule has 0 fully saturated rings. The van der Waals surface area contributed by atoms with Crippen LogP contribution in [-0.2, 0) is 4.74 Å². The van der Waals surface area contributed by atoms with Gasteiger partial charge in [0.15, 0.2) is 0 Å². The summed E-state index contributed by atoms with van der Waals surface area (Å²) in [6, 6.07) is 0. The van der Waals surface area contributed by atoms with Crippen molar-refractivity contribution in [3.63, 3.8) is 0 Å². The molecule has 0 aromatic heterocycles. The van der Waals surface area contributed by atoms with E-state index in [1.165, 1.54) is 12.2 Å². The molecule has 0 saturated heterocycles. The predicted molar refractivity (Wildman–Crippen MR) is 48.0 cm³/mol. The van der Waals surface area contributed by atoms with Gasteiger partial charge < -0.3 is 25.7 Å². The lowest BCUT2D eigenvalue weighted by Crippen LogP contribution is -2.50. The van der Waals surface area contributed by atoms with Gasteiger partial charge in [-0.05, 0) is 20.4 Å². The topological polar surface area (TPSA) is 52.9 Å². The van der Waals surface area contributed by atoms with Gasteiger partial charge in [-0.25, -0.2) is 0 Å². The first-order valence-corrected chi connectivity index (χ1v) is 3.87. The summed E-state index contributed by atoms with van der Waals surface area (Å²) in [6.45, 7) is 3.61. The molecule has 74 valence electrons. The summed E-state index contributed by atoms with van der Waals surface area (Å²) in [5, 5.41) is 13.4. The Morgan fingerprint density at radius 3 is 2.33 bits per heavy atom. The standard InChI is InChI=1S/C7H17N3O2/c1-6-7(2,12-5)10(11)9(4)8-3/h6H2,1-5H3/q-2. The Morgan fingerprint density at radius 2 is 2.08 bits per heavy atom. The van der Waals surface area contributed by atoms with Gasteiger partial charge in [0.25, 0.3) is 0 Å². The van der Waals surface area contributed by atoms with E-state index in [0.29, 0.717) is 11.6 Å². The summed E-state index contributed by atoms with van der Waals surface area (Å²) in [5.74, 6) is 0. The minimum absolute atomic E-state index is 0.604. The average Bonchev–Trinajstić information content (AvgIpc) is 2.14. The Balaban J connectivity index is 4.29. The third-order valence-electron chi connectivity index (χ3n) is 2.05. The molecule has 0 aliphatic heterocycles. The molecule has 0 rings (SSSR count). The first-order chi connectivity index (χ1) is 5.51. The molecule has 0 aromatic rings. The Morgan fingerprint density at radius 1 is 1.58 bits per heavy atom. The van der Waals surface area contributed by atoms with Gasteiger partial charge in [-0.3, -0.25) is 0 Å². The average molecular weight is 175 g/mol. The van der Waals surface area contributed by atoms with Gasteiger partial charge in [-0.2, -0.15) is 7.05 Å². The Kier molecular flexibility index (Phi) is 4.66. The van der Waals surface area contributed by atoms with Gasteiger partial charge in [0.1, 0.15) is 5.72 Å². The lowest BCUT2D eigenvalue weighted by atomic mass is 10.2. The van der Waals surface area contributed by atoms with Gasteiger partial charge in [0, 0.05) is 7.11 Å². The molecule has 0 aromatic carbocycles. The summed E-state index contributed by atoms with van der Waals surface area (Å²) in [6.07, 6.45) is 0.604. The normalized spacial score (nSPS) is 17.0. The number of hydrazine groups is 1. The van der Waals surface area contributed by atoms with Crippen LogP contribution in [0.15, 0.2) is 0 Å². The molecular formula is C7H17N3O2-2. The van der Waals surface area contributed by atoms with Crippen LogP contribution in [0, 0.1) is 5.21 Å². The molecule has 5 nitrogen and oxygen atoms in total. The van der Waals surface area contributed by atoms with E-state index in [1.54, 1.807) is 21.0 Å². The molecular weight excluding hydrogens is 158 g/mol. The molecule has 1 unspecified atom stereocenters. The lowest BCUT2D eigenvalue weighted by Gasteiger charge is -2.54. The van der Waals surface area contributed by atoms with Crippen molar-refractivity contribution in [3.8, 4) is 0 Å². The lowest BCUT2D eigenvalue weighted by molar-refractivity contribution is -0.172. The zero-order valence-electron chi connectivity index (χ0n) is 8.37. The van der Waals surface area contributed by atoms with Crippen LogP contribution in [0.5, 0.6) is 0 Å². The summed E-state index contributed by atoms with van der Waals surface area (Å²) in [7, 11) is 4.65. The molecule has 5 heteroatoms. The number of methoxy groups -OCH3 is 1. The monoisotopic (exact) mass is 175 g/mol. The number of hydrogen-bond acceptors (Lipinski definition) is 4. The number of hydrogen-bond donors (Lipinski definition) is 0. The fourth-order valence-electron chi connectivity index (χ4n) is 0.745. The summed E-state index contributed by atoms with van der Waals surface area (Å²) in [5.41, 5.74) is 2.89. The third kappa shape index (κ3) is 2.40. The second kappa shape index (κ2) is 4.74. The zero-order chi connectivity index (χ0) is 9.78. The molecule has 0 spiro atoms. The van der Waals surface area contributed by atoms with Crippen molar-refractivity contribution in [1.82, 2.24) is 10.3 Å². The van der Waals surface area contributed by atoms with Crippen LogP contribution in [0.2, 0.25) is 0 Å². The van der Waals surface area contributed by atoms with E-state index < -0.39 is 5.72 Å². The van der Waals surface area contributed by atoms with Crippen LogP contribution in [0.4, 0.5) is 0 Å². The molecule has 0 aliphatic carbocycles. The van der Waals surface area contributed by atoms with Gasteiger partial charge in [0.2, 0.25) is 0 Å². The van der Waals surface area contributed by atoms with E-state index in [1.807, 2.05) is 6.92 Å². The van der Waals surface area contributed by atoms with Crippen molar-refractivity contribution in [2.75, 3.05) is 21.2 Å². The van der Waals surface area contributed by atoms with E-state index >= 15 is 0 Å². The predicted octanol–water partition coefficient (Wildman–Crippen LogP) is 1.32. The minimum atomic E-state index is -0.825. The zero-order valence-corrected chi connectivity index (χ0v) is 8.37. The molecule has 0 aliphatic rings. The molecule has 0 amide bonds. The molecule has 0 radical (unpaired) electrons. The molecule has 1 atom stereocenters. The van der Waals surface area contributed by atoms with E-state index in [9.17, 15) is 5.21 Å². The highest BCUT2D eigenvalue weighted by molar-refractivity contribution is 4.76. The smallest absolute Gasteiger partial charge is 0.118 e. The molecule has 0 heterocycles. The van der Waals surface area contributed by atoms with Gasteiger partial charge in [-0.1, -0.05) is 6.92 Å². The first-order valence-electron chi connectivity index (χ1n) is 3.87. The minimum Gasteiger partial charge on any atom is -0.771 e. The largest absolute Gasteiger partial charge is 0.771 e. The maximum absolute atomic E-state index is 11.5. The van der Waals surface area contributed by atoms with Crippen LogP contribution in [0.3, 0.4) is 0 Å². The number of hydroxylamine groups is 1. The maximum Gasteiger partial charge on any atom is 0.118 e. The van der Waals surface area contributed by atoms with Crippen LogP contribution in [0.25, 0.3) is 5.43 Å². The Labute approximate surface area is 73.8 Å². The number of nitrogens with zero attached hydrogens (tertiary/aromatic N) is 3. The van der Waals surface area contributed by atoms with Gasteiger partial charge >= 0.3 is 0 Å². The fraction of sp³-hybridized carbons (Fsp3) is 1.00. The maximum atomic E-state index is 11.5. The number of rotatable bonds is 5. The van der Waals surface area contributed by atoms with Gasteiger partial charge in [0.05, 0.1) is 0 Å². The SMILES string of the molecule is CCC(C)(OC)N([O-])N(C)[N-]C. The van der Waals surface area contributed by atoms with Crippen LogP contribution in [0.1, 0.15) is 20.3 Å². The Bertz CT molecular complexity index is 128. The highest BCUT2D eigenvalue weighted by Gasteiger charge is 2.22. The summed E-state index contributed by atoms with van der Waals surface area (Å²) in [4.78, 5) is 0. The third-order valence-corrected chi connectivity index (χ3v) is 2.05. The quantitative estimate of drug-likeness (QED) is 0.467. The highest BCUT2D eigenvalue weighted by Crippen LogP contribution is 2.20. The molecule has 0 N–H and O–H groups in total. The first kappa shape index (κ1) is 11.8. The van der Waals surface area contributed by atoms with E-state index in [4.69, 9.17) is 4.74 Å². The number of ether oxygens (including phenoxy) is 1. The van der Waals surface area contributed by atoms with Crippen molar-refractivity contribution < 1.29 is 4.74 Å². The fourth-order valence-corrected chi connectivity index (χ4v) is 0.745. The van der Waals surface area contributed by atoms with Crippen molar-refractivity contribution in [2.45, 2.75) is 26.0 Å². The van der Waals surface area contributed by atoms with E-state index in [2.05, 4.69) is 5.43 Å². The van der Waals surface area contributed by atoms with Crippen molar-refractivity contribution in [1.29, 1.82) is 0 Å². The molecule has 12 heavy (non-hydrogen) atoms. The van der Waals surface area contributed by atoms with Crippen LogP contribution >= 0.6 is 0 Å². The van der Waals surface area contributed by atoms with Crippen molar-refractivity contribution in [2.24, 2.45) is 0 Å². The van der Waals surface area contributed by atoms with Crippen LogP contribution in [-0.4, -0.2) is 37.2 Å². The van der Waals surface area contributed by atoms with Crippen molar-refractivity contribution >= 4 is 0 Å². The second-order valence-electron chi connectivity index (χ2n) is 2.70. The van der Waals surface area contributed by atoms with Crippen molar-refractivity contribution in [3.05, 3.63) is 10.6 Å². The van der Waals surface area contributed by atoms with E-state index in [-0.39, 0.29) is 0 Å². The molecule has 0 bridgehead atoms. The summed E-state index contributed by atoms with van der Waals surface area (Å²) >= 11 is 0. The molecule has 0 saturated carbocycles. The Hall–Kier alpha value is -0.200. The van der Waals surface area contributed by atoms with Crippen LogP contribution < -0.4 is 0 Å². The highest BCUT2D eigenvalue weighted by atomic mass is 16.6. The summed E-state index contributed by atoms with van der Waals surface area (Å²) < 4.78 is 5.08. The van der Waals surface area contributed by atoms with Gasteiger partial charge in [-0.15, -0.1) is 0 Å². The van der Waals surface area contributed by atoms with E-state index in [0.717, 1.165) is 0 Å². The second-order valence-corrected chi connectivity index (χ2v) is 2.70.